The zero-order valence-electron chi connectivity index (χ0n) is 23.8. The molecule has 7 rings (SSSR count). The second kappa shape index (κ2) is 10.3. The second-order valence-electron chi connectivity index (χ2n) is 11.4. The molecule has 0 aromatic heterocycles. The van der Waals surface area contributed by atoms with Gasteiger partial charge in [0.15, 0.2) is 5.78 Å². The van der Waals surface area contributed by atoms with Gasteiger partial charge in [0.05, 0.1) is 11.4 Å². The van der Waals surface area contributed by atoms with Crippen LogP contribution in [-0.2, 0) is 5.41 Å². The molecule has 202 valence electrons. The van der Waals surface area contributed by atoms with E-state index >= 15 is 0 Å². The highest BCUT2D eigenvalue weighted by Crippen LogP contribution is 2.51. The minimum absolute atomic E-state index is 0.0220. The highest BCUT2D eigenvalue weighted by molar-refractivity contribution is 6.09. The summed E-state index contributed by atoms with van der Waals surface area (Å²) in [6.45, 7) is 4.60. The lowest BCUT2D eigenvalue weighted by Gasteiger charge is -2.42. The van der Waals surface area contributed by atoms with Crippen LogP contribution in [0.25, 0.3) is 22.3 Å². The maximum Gasteiger partial charge on any atom is 0.193 e. The number of carbonyl (C=O) groups is 1. The number of fused-ring (bicyclic) bond motifs is 2. The van der Waals surface area contributed by atoms with Gasteiger partial charge in [0, 0.05) is 22.2 Å². The summed E-state index contributed by atoms with van der Waals surface area (Å²) < 4.78 is 0. The highest BCUT2D eigenvalue weighted by atomic mass is 16.1. The zero-order valence-corrected chi connectivity index (χ0v) is 23.8. The number of carbonyl (C=O) groups excluding carboxylic acids is 1. The van der Waals surface area contributed by atoms with Crippen LogP contribution in [0.5, 0.6) is 0 Å². The molecule has 1 heterocycles. The van der Waals surface area contributed by atoms with Crippen LogP contribution in [0.3, 0.4) is 0 Å². The van der Waals surface area contributed by atoms with Crippen molar-refractivity contribution in [3.63, 3.8) is 0 Å². The standard InChI is InChI=1S/C40H31NO/c1-40(2)35-18-6-8-20-37(35)41(38-21-9-7-19-36(38)40)34-17-11-15-32(27-34)31-14-10-16-33(26-31)39(42)30-24-22-29(23-25-30)28-12-4-3-5-13-28/h3-27H,1-2H3. The van der Waals surface area contributed by atoms with Gasteiger partial charge >= 0.3 is 0 Å². The summed E-state index contributed by atoms with van der Waals surface area (Å²) in [4.78, 5) is 15.9. The van der Waals surface area contributed by atoms with Crippen molar-refractivity contribution in [3.05, 3.63) is 174 Å². The number of rotatable bonds is 5. The largest absolute Gasteiger partial charge is 0.310 e. The van der Waals surface area contributed by atoms with E-state index in [9.17, 15) is 4.79 Å². The van der Waals surface area contributed by atoms with Crippen LogP contribution < -0.4 is 4.90 Å². The monoisotopic (exact) mass is 541 g/mol. The van der Waals surface area contributed by atoms with Gasteiger partial charge in [0.25, 0.3) is 0 Å². The molecule has 6 aromatic carbocycles. The summed E-state index contributed by atoms with van der Waals surface area (Å²) in [5, 5.41) is 0. The van der Waals surface area contributed by atoms with Crippen LogP contribution in [0, 0.1) is 0 Å². The van der Waals surface area contributed by atoms with Crippen molar-refractivity contribution in [3.8, 4) is 22.3 Å². The molecule has 0 bridgehead atoms. The molecular formula is C40H31NO. The highest BCUT2D eigenvalue weighted by Gasteiger charge is 2.36. The number of benzene rings is 6. The number of para-hydroxylation sites is 2. The molecule has 1 aliphatic rings. The van der Waals surface area contributed by atoms with E-state index in [4.69, 9.17) is 0 Å². The lowest BCUT2D eigenvalue weighted by Crippen LogP contribution is -2.30. The van der Waals surface area contributed by atoms with Crippen molar-refractivity contribution in [2.75, 3.05) is 4.90 Å². The van der Waals surface area contributed by atoms with E-state index in [0.29, 0.717) is 11.1 Å². The van der Waals surface area contributed by atoms with E-state index < -0.39 is 0 Å². The minimum atomic E-state index is -0.102. The van der Waals surface area contributed by atoms with Gasteiger partial charge < -0.3 is 4.90 Å². The third-order valence-corrected chi connectivity index (χ3v) is 8.45. The number of ketones is 1. The number of hydrogen-bond donors (Lipinski definition) is 0. The van der Waals surface area contributed by atoms with Crippen LogP contribution in [0.1, 0.15) is 40.9 Å². The summed E-state index contributed by atoms with van der Waals surface area (Å²) >= 11 is 0. The summed E-state index contributed by atoms with van der Waals surface area (Å²) in [6, 6.07) is 52.1. The Labute approximate surface area is 247 Å². The van der Waals surface area contributed by atoms with Crippen molar-refractivity contribution in [2.45, 2.75) is 19.3 Å². The summed E-state index contributed by atoms with van der Waals surface area (Å²) in [5.74, 6) is 0.0220. The molecule has 1 aliphatic heterocycles. The van der Waals surface area contributed by atoms with Gasteiger partial charge in [-0.3, -0.25) is 4.79 Å². The first-order chi connectivity index (χ1) is 20.5. The van der Waals surface area contributed by atoms with Gasteiger partial charge in [-0.15, -0.1) is 0 Å². The molecule has 0 spiro atoms. The molecule has 0 radical (unpaired) electrons. The van der Waals surface area contributed by atoms with Crippen LogP contribution >= 0.6 is 0 Å². The van der Waals surface area contributed by atoms with Gasteiger partial charge in [-0.25, -0.2) is 0 Å². The first-order valence-electron chi connectivity index (χ1n) is 14.4. The van der Waals surface area contributed by atoms with Gasteiger partial charge in [-0.2, -0.15) is 0 Å². The molecule has 6 aromatic rings. The fourth-order valence-corrected chi connectivity index (χ4v) is 6.22. The predicted molar refractivity (Wildman–Crippen MR) is 174 cm³/mol. The van der Waals surface area contributed by atoms with Crippen molar-refractivity contribution < 1.29 is 4.79 Å². The SMILES string of the molecule is CC1(C)c2ccccc2N(c2cccc(-c3cccc(C(=O)c4ccc(-c5ccccc5)cc4)c3)c2)c2ccccc21. The third-order valence-electron chi connectivity index (χ3n) is 8.45. The predicted octanol–water partition coefficient (Wildman–Crippen LogP) is 10.4. The Bertz CT molecular complexity index is 1870. The topological polar surface area (TPSA) is 20.3 Å². The molecule has 0 amide bonds. The molecule has 2 heteroatoms. The van der Waals surface area contributed by atoms with Crippen molar-refractivity contribution in [1.82, 2.24) is 0 Å². The van der Waals surface area contributed by atoms with Crippen LogP contribution in [-0.4, -0.2) is 5.78 Å². The summed E-state index contributed by atoms with van der Waals surface area (Å²) in [7, 11) is 0. The average Bonchev–Trinajstić information content (AvgIpc) is 3.05. The maximum atomic E-state index is 13.5. The van der Waals surface area contributed by atoms with E-state index in [1.807, 2.05) is 60.7 Å². The van der Waals surface area contributed by atoms with E-state index in [1.165, 1.54) is 22.5 Å². The van der Waals surface area contributed by atoms with Crippen LogP contribution in [0.15, 0.2) is 152 Å². The fraction of sp³-hybridized carbons (Fsp3) is 0.0750. The maximum absolute atomic E-state index is 13.5. The number of anilines is 3. The second-order valence-corrected chi connectivity index (χ2v) is 11.4. The zero-order chi connectivity index (χ0) is 28.7. The molecule has 0 unspecified atom stereocenters. The number of nitrogens with zero attached hydrogens (tertiary/aromatic N) is 1. The van der Waals surface area contributed by atoms with E-state index in [2.05, 4.69) is 110 Å². The normalized spacial score (nSPS) is 13.2. The van der Waals surface area contributed by atoms with E-state index in [0.717, 1.165) is 27.9 Å². The fourth-order valence-electron chi connectivity index (χ4n) is 6.22. The lowest BCUT2D eigenvalue weighted by atomic mass is 9.73. The molecule has 0 saturated carbocycles. The summed E-state index contributed by atoms with van der Waals surface area (Å²) in [5.41, 5.74) is 11.7. The molecule has 2 nitrogen and oxygen atoms in total. The Hall–Kier alpha value is -5.21. The molecule has 0 atom stereocenters. The Kier molecular flexibility index (Phi) is 6.32. The van der Waals surface area contributed by atoms with Crippen molar-refractivity contribution in [2.24, 2.45) is 0 Å². The molecule has 0 fully saturated rings. The Morgan fingerprint density at radius 1 is 0.476 bits per heavy atom. The average molecular weight is 542 g/mol. The van der Waals surface area contributed by atoms with Crippen LogP contribution in [0.2, 0.25) is 0 Å². The first-order valence-corrected chi connectivity index (χ1v) is 14.4. The van der Waals surface area contributed by atoms with Gasteiger partial charge in [-0.05, 0) is 63.7 Å². The van der Waals surface area contributed by atoms with Crippen molar-refractivity contribution >= 4 is 22.8 Å². The first kappa shape index (κ1) is 25.7. The molecular weight excluding hydrogens is 510 g/mol. The minimum Gasteiger partial charge on any atom is -0.310 e. The van der Waals surface area contributed by atoms with E-state index in [-0.39, 0.29) is 11.2 Å². The quantitative estimate of drug-likeness (QED) is 0.202. The third kappa shape index (κ3) is 4.42. The molecule has 0 aliphatic carbocycles. The summed E-state index contributed by atoms with van der Waals surface area (Å²) in [6.07, 6.45) is 0. The molecule has 0 N–H and O–H groups in total. The molecule has 42 heavy (non-hydrogen) atoms. The molecule has 0 saturated heterocycles. The smallest absolute Gasteiger partial charge is 0.193 e. The van der Waals surface area contributed by atoms with Gasteiger partial charge in [-0.1, -0.05) is 135 Å². The number of hydrogen-bond acceptors (Lipinski definition) is 2. The Balaban J connectivity index is 1.24. The van der Waals surface area contributed by atoms with Gasteiger partial charge in [0.1, 0.15) is 0 Å². The lowest BCUT2D eigenvalue weighted by molar-refractivity contribution is 0.103. The van der Waals surface area contributed by atoms with Crippen LogP contribution in [0.4, 0.5) is 17.1 Å². The van der Waals surface area contributed by atoms with Crippen molar-refractivity contribution in [1.29, 1.82) is 0 Å². The van der Waals surface area contributed by atoms with E-state index in [1.54, 1.807) is 0 Å². The Morgan fingerprint density at radius 3 is 1.67 bits per heavy atom. The Morgan fingerprint density at radius 2 is 1.00 bits per heavy atom. The van der Waals surface area contributed by atoms with Gasteiger partial charge in [0.2, 0.25) is 0 Å².